The number of hydrogen-bond acceptors (Lipinski definition) is 6. The summed E-state index contributed by atoms with van der Waals surface area (Å²) in [5, 5.41) is 0. The molecule has 8 heteroatoms. The third-order valence-corrected chi connectivity index (χ3v) is 23.2. The minimum absolute atomic E-state index is 0.0236. The molecule has 0 atom stereocenters. The highest BCUT2D eigenvalue weighted by Gasteiger charge is 2.49. The molecule has 534 valence electrons. The number of para-hydroxylation sites is 9. The summed E-state index contributed by atoms with van der Waals surface area (Å²) in [4.78, 5) is 12.7. The maximum atomic E-state index is 7.49. The number of rotatable bonds is 13. The van der Waals surface area contributed by atoms with Crippen LogP contribution in [0.5, 0.6) is 11.5 Å². The van der Waals surface area contributed by atoms with Gasteiger partial charge in [0.05, 0.1) is 34.1 Å². The maximum Gasteiger partial charge on any atom is 0.256 e. The first-order valence-corrected chi connectivity index (χ1v) is 39.1. The van der Waals surface area contributed by atoms with Crippen molar-refractivity contribution in [1.29, 1.82) is 0 Å². The monoisotopic (exact) mass is 1440 g/mol. The van der Waals surface area contributed by atoms with Gasteiger partial charge in [0, 0.05) is 79.5 Å². The Kier molecular flexibility index (Phi) is 16.5. The van der Waals surface area contributed by atoms with E-state index in [9.17, 15) is 0 Å². The van der Waals surface area contributed by atoms with Gasteiger partial charge in [-0.1, -0.05) is 321 Å². The Balaban J connectivity index is 0.925. The Hall–Kier alpha value is -13.6. The lowest BCUT2D eigenvalue weighted by molar-refractivity contribution is 0.487. The van der Waals surface area contributed by atoms with Crippen molar-refractivity contribution in [3.63, 3.8) is 0 Å². The number of nitrogens with zero attached hydrogens (tertiary/aromatic N) is 5. The summed E-state index contributed by atoms with van der Waals surface area (Å²) in [5.74, 6) is 1.65. The van der Waals surface area contributed by atoms with Crippen molar-refractivity contribution in [2.75, 3.05) is 24.5 Å². The lowest BCUT2D eigenvalue weighted by Crippen LogP contribution is -2.64. The average molecular weight is 1440 g/mol. The van der Waals surface area contributed by atoms with E-state index in [0.717, 1.165) is 152 Å². The Morgan fingerprint density at radius 2 is 0.580 bits per heavy atom. The molecule has 4 heterocycles. The van der Waals surface area contributed by atoms with Crippen molar-refractivity contribution in [3.05, 3.63) is 393 Å². The maximum absolute atomic E-state index is 7.49. The lowest BCUT2D eigenvalue weighted by atomic mass is 9.30. The topological polar surface area (TPSA) is 25.4 Å². The molecule has 6 nitrogen and oxygen atoms in total. The van der Waals surface area contributed by atoms with Crippen LogP contribution in [0.15, 0.2) is 382 Å². The predicted octanol–water partition coefficient (Wildman–Crippen LogP) is 24.4. The molecule has 4 aliphatic rings. The molecule has 0 aromatic heterocycles. The van der Waals surface area contributed by atoms with Crippen LogP contribution < -0.4 is 62.0 Å². The van der Waals surface area contributed by atoms with Gasteiger partial charge in [-0.05, 0) is 174 Å². The molecule has 0 unspecified atom stereocenters. The molecule has 0 saturated heterocycles. The number of hydrogen-bond donors (Lipinski definition) is 0. The van der Waals surface area contributed by atoms with Crippen molar-refractivity contribution >= 4 is 132 Å². The van der Waals surface area contributed by atoms with Gasteiger partial charge in [0.25, 0.3) is 13.4 Å². The van der Waals surface area contributed by atoms with Crippen molar-refractivity contribution in [1.82, 2.24) is 0 Å². The molecule has 16 aromatic rings. The van der Waals surface area contributed by atoms with E-state index < -0.39 is 0 Å². The first-order chi connectivity index (χ1) is 54.9. The van der Waals surface area contributed by atoms with Crippen molar-refractivity contribution in [2.45, 2.75) is 52.4 Å². The fourth-order valence-electron chi connectivity index (χ4n) is 17.9. The van der Waals surface area contributed by atoms with Gasteiger partial charge >= 0.3 is 0 Å². The molecular weight excluding hydrogens is 1360 g/mol. The standard InChI is InChI=1S/C104H81B2N5O/c1-103(2,3)74-60-56-72(57-61-74)83-46-22-28-50-89(83)108(78-42-20-11-21-43-78)79-64-96-101-97(65-79)110(91-52-30-23-44-81(91)70-34-12-7-13-35-70)94-69-95-88(68-87(94)105(101)85-48-26-32-54-93(85)109(96)90-51-29-25-47-84(90)73-58-62-75(63-59-73)104(4,5)6)106-86-49-27-33-55-99(86)112-100-67-80(107(76-38-16-9-17-39-76)77-40-18-10-19-41-77)66-98(102(100)106)111(95)92-53-31-24-45-82(92)71-36-14-8-15-37-71/h7-69H,1-6H3. The molecule has 0 bridgehead atoms. The number of ether oxygens (including phenoxy) is 1. The van der Waals surface area contributed by atoms with Gasteiger partial charge in [-0.15, -0.1) is 0 Å². The van der Waals surface area contributed by atoms with Crippen LogP contribution in [0.4, 0.5) is 85.3 Å². The van der Waals surface area contributed by atoms with Crippen molar-refractivity contribution in [3.8, 4) is 56.0 Å². The summed E-state index contributed by atoms with van der Waals surface area (Å²) < 4.78 is 7.49. The van der Waals surface area contributed by atoms with Crippen LogP contribution in [0.25, 0.3) is 44.5 Å². The van der Waals surface area contributed by atoms with Gasteiger partial charge in [0.15, 0.2) is 0 Å². The Bertz CT molecular complexity index is 6240. The predicted molar refractivity (Wildman–Crippen MR) is 475 cm³/mol. The van der Waals surface area contributed by atoms with Crippen LogP contribution in [0.3, 0.4) is 0 Å². The molecule has 20 rings (SSSR count). The van der Waals surface area contributed by atoms with E-state index in [1.807, 2.05) is 0 Å². The summed E-state index contributed by atoms with van der Waals surface area (Å²) in [7, 11) is 0. The fraction of sp³-hybridized carbons (Fsp3) is 0.0769. The second kappa shape index (κ2) is 27.2. The van der Waals surface area contributed by atoms with Gasteiger partial charge < -0.3 is 29.2 Å². The summed E-state index contributed by atoms with van der Waals surface area (Å²) in [6, 6.07) is 142. The van der Waals surface area contributed by atoms with Crippen molar-refractivity contribution in [2.24, 2.45) is 0 Å². The van der Waals surface area contributed by atoms with Gasteiger partial charge in [-0.3, -0.25) is 0 Å². The normalized spacial score (nSPS) is 12.9. The Labute approximate surface area is 658 Å². The van der Waals surface area contributed by atoms with Gasteiger partial charge in [0.1, 0.15) is 11.5 Å². The summed E-state index contributed by atoms with van der Waals surface area (Å²) >= 11 is 0. The van der Waals surface area contributed by atoms with Crippen molar-refractivity contribution < 1.29 is 4.74 Å². The van der Waals surface area contributed by atoms with E-state index in [1.54, 1.807) is 0 Å². The quantitative estimate of drug-likeness (QED) is 0.107. The zero-order chi connectivity index (χ0) is 75.3. The third-order valence-electron chi connectivity index (χ3n) is 23.2. The van der Waals surface area contributed by atoms with Gasteiger partial charge in [-0.2, -0.15) is 0 Å². The van der Waals surface area contributed by atoms with Crippen LogP contribution in [-0.2, 0) is 10.8 Å². The Morgan fingerprint density at radius 3 is 1.06 bits per heavy atom. The highest BCUT2D eigenvalue weighted by molar-refractivity contribution is 7.02. The molecule has 0 aliphatic carbocycles. The first-order valence-electron chi connectivity index (χ1n) is 39.1. The molecule has 0 radical (unpaired) electrons. The van der Waals surface area contributed by atoms with Crippen LogP contribution in [0, 0.1) is 0 Å². The third kappa shape index (κ3) is 11.5. The van der Waals surface area contributed by atoms with E-state index in [2.05, 4.69) is 448 Å². The zero-order valence-corrected chi connectivity index (χ0v) is 63.7. The fourth-order valence-corrected chi connectivity index (χ4v) is 17.9. The van der Waals surface area contributed by atoms with E-state index in [1.165, 1.54) is 33.0 Å². The second-order valence-corrected chi connectivity index (χ2v) is 31.9. The van der Waals surface area contributed by atoms with Gasteiger partial charge in [-0.25, -0.2) is 0 Å². The SMILES string of the molecule is CC(C)(C)c1ccc(-c2ccccc2N(c2ccccc2)c2cc3c4c(c2)N(c2ccccc2-c2ccccc2)c2cc5c(cc2B4c2ccccc2N3c2ccccc2-c2ccc(C(C)(C)C)cc2)B2c3ccccc3Oc3cc(N(c4ccccc4)c4ccccc4)cc(c32)N5c2ccccc2-c2ccccc2)cc1. The molecule has 16 aromatic carbocycles. The number of anilines is 15. The first kappa shape index (κ1) is 67.8. The van der Waals surface area contributed by atoms with E-state index in [0.29, 0.717) is 0 Å². The second-order valence-electron chi connectivity index (χ2n) is 31.9. The summed E-state index contributed by atoms with van der Waals surface area (Å²) in [6.07, 6.45) is 0. The molecular formula is C104H81B2N5O. The lowest BCUT2D eigenvalue weighted by Gasteiger charge is -2.47. The molecule has 112 heavy (non-hydrogen) atoms. The van der Waals surface area contributed by atoms with E-state index in [4.69, 9.17) is 4.74 Å². The largest absolute Gasteiger partial charge is 0.458 e. The van der Waals surface area contributed by atoms with Crippen LogP contribution in [-0.4, -0.2) is 13.4 Å². The molecule has 0 fully saturated rings. The van der Waals surface area contributed by atoms with Gasteiger partial charge in [0.2, 0.25) is 0 Å². The summed E-state index contributed by atoms with van der Waals surface area (Å²) in [5.41, 5.74) is 34.3. The van der Waals surface area contributed by atoms with E-state index >= 15 is 0 Å². The molecule has 0 saturated carbocycles. The van der Waals surface area contributed by atoms with Crippen LogP contribution >= 0.6 is 0 Å². The highest BCUT2D eigenvalue weighted by Crippen LogP contribution is 2.55. The minimum atomic E-state index is -0.294. The molecule has 0 spiro atoms. The Morgan fingerprint density at radius 1 is 0.232 bits per heavy atom. The minimum Gasteiger partial charge on any atom is -0.458 e. The summed E-state index contributed by atoms with van der Waals surface area (Å²) in [6.45, 7) is 13.2. The zero-order valence-electron chi connectivity index (χ0n) is 63.7. The average Bonchev–Trinajstić information content (AvgIpc) is 0.682. The molecule has 4 aliphatic heterocycles. The number of benzene rings is 16. The molecule has 0 amide bonds. The van der Waals surface area contributed by atoms with Crippen LogP contribution in [0.1, 0.15) is 52.7 Å². The van der Waals surface area contributed by atoms with Crippen LogP contribution in [0.2, 0.25) is 0 Å². The molecule has 0 N–H and O–H groups in total. The number of fused-ring (bicyclic) bond motifs is 8. The smallest absolute Gasteiger partial charge is 0.256 e. The van der Waals surface area contributed by atoms with E-state index in [-0.39, 0.29) is 24.3 Å². The highest BCUT2D eigenvalue weighted by atomic mass is 16.5.